The molecular formula is C18H14N3OY-. The maximum Gasteiger partial charge on any atom is 0.220 e. The van der Waals surface area contributed by atoms with Crippen molar-refractivity contribution in [2.75, 3.05) is 0 Å². The summed E-state index contributed by atoms with van der Waals surface area (Å²) in [6, 6.07) is 11.9. The van der Waals surface area contributed by atoms with E-state index in [0.29, 0.717) is 0 Å². The molecule has 0 amide bonds. The first-order chi connectivity index (χ1) is 10.8. The van der Waals surface area contributed by atoms with Gasteiger partial charge in [-0.2, -0.15) is 12.1 Å². The van der Waals surface area contributed by atoms with Gasteiger partial charge in [-0.05, 0) is 18.6 Å². The number of fused-ring (bicyclic) bond motifs is 1. The first kappa shape index (κ1) is 16.1. The van der Waals surface area contributed by atoms with E-state index < -0.39 is 0 Å². The zero-order valence-electron chi connectivity index (χ0n) is 12.9. The normalized spacial score (nSPS) is 10.7. The van der Waals surface area contributed by atoms with Crippen LogP contribution in [-0.4, -0.2) is 9.55 Å². The first-order valence-electron chi connectivity index (χ1n) is 7.06. The molecule has 0 spiro atoms. The van der Waals surface area contributed by atoms with E-state index in [1.54, 1.807) is 6.20 Å². The number of aromatic nitrogens is 3. The summed E-state index contributed by atoms with van der Waals surface area (Å²) in [5, 5.41) is 1.13. The fourth-order valence-corrected chi connectivity index (χ4v) is 2.70. The molecule has 4 rings (SSSR count). The monoisotopic (exact) mass is 377 g/mol. The molecule has 0 fully saturated rings. The fourth-order valence-electron chi connectivity index (χ4n) is 2.70. The van der Waals surface area contributed by atoms with E-state index in [0.717, 1.165) is 33.8 Å². The van der Waals surface area contributed by atoms with Crippen molar-refractivity contribution in [1.82, 2.24) is 9.55 Å². The third-order valence-corrected chi connectivity index (χ3v) is 3.81. The smallest absolute Gasteiger partial charge is 0.220 e. The number of aryl methyl sites for hydroxylation is 2. The number of nitrogens with zero attached hydrogens (tertiary/aromatic N) is 3. The molecule has 111 valence electrons. The van der Waals surface area contributed by atoms with Crippen molar-refractivity contribution < 1.29 is 41.7 Å². The van der Waals surface area contributed by atoms with Crippen LogP contribution in [0.2, 0.25) is 0 Å². The summed E-state index contributed by atoms with van der Waals surface area (Å²) in [4.78, 5) is 4.06. The molecule has 3 heterocycles. The Labute approximate surface area is 159 Å². The molecule has 0 aliphatic heterocycles. The average molecular weight is 377 g/mol. The summed E-state index contributed by atoms with van der Waals surface area (Å²) in [7, 11) is 1.98. The maximum atomic E-state index is 6.09. The minimum absolute atomic E-state index is 0. The molecule has 0 aliphatic rings. The van der Waals surface area contributed by atoms with E-state index >= 15 is 0 Å². The minimum Gasteiger partial charge on any atom is -0.461 e. The van der Waals surface area contributed by atoms with Crippen LogP contribution in [0, 0.1) is 19.3 Å². The van der Waals surface area contributed by atoms with Gasteiger partial charge in [0.05, 0.1) is 19.4 Å². The Bertz CT molecular complexity index is 957. The summed E-state index contributed by atoms with van der Waals surface area (Å²) in [5.74, 6) is 1.75. The van der Waals surface area contributed by atoms with Gasteiger partial charge in [0, 0.05) is 38.1 Å². The summed E-state index contributed by atoms with van der Waals surface area (Å²) >= 11 is 0. The Morgan fingerprint density at radius 2 is 2.00 bits per heavy atom. The topological polar surface area (TPSA) is 34.8 Å². The molecule has 0 saturated carbocycles. The van der Waals surface area contributed by atoms with E-state index in [1.807, 2.05) is 52.7 Å². The third-order valence-electron chi connectivity index (χ3n) is 3.81. The largest absolute Gasteiger partial charge is 0.461 e. The molecule has 5 heteroatoms. The Kier molecular flexibility index (Phi) is 4.47. The molecule has 1 aromatic carbocycles. The quantitative estimate of drug-likeness (QED) is 0.398. The van der Waals surface area contributed by atoms with Gasteiger partial charge in [0.25, 0.3) is 0 Å². The van der Waals surface area contributed by atoms with Crippen LogP contribution < -0.4 is 4.57 Å². The van der Waals surface area contributed by atoms with Gasteiger partial charge in [-0.15, -0.1) is 6.20 Å². The number of para-hydroxylation sites is 1. The predicted molar refractivity (Wildman–Crippen MR) is 82.4 cm³/mol. The third kappa shape index (κ3) is 2.66. The second-order valence-corrected chi connectivity index (χ2v) is 5.21. The number of benzene rings is 1. The fraction of sp³-hybridized carbons (Fsp3) is 0.111. The number of furan rings is 1. The molecule has 0 saturated heterocycles. The van der Waals surface area contributed by atoms with Gasteiger partial charge in [-0.1, -0.05) is 30.1 Å². The van der Waals surface area contributed by atoms with E-state index in [1.165, 1.54) is 0 Å². The second-order valence-electron chi connectivity index (χ2n) is 5.21. The van der Waals surface area contributed by atoms with Gasteiger partial charge in [-0.25, -0.2) is 0 Å². The molecule has 0 N–H and O–H groups in total. The van der Waals surface area contributed by atoms with Crippen molar-refractivity contribution in [3.8, 4) is 17.3 Å². The zero-order valence-corrected chi connectivity index (χ0v) is 15.8. The van der Waals surface area contributed by atoms with Crippen LogP contribution in [-0.2, 0) is 39.8 Å². The Morgan fingerprint density at radius 3 is 2.74 bits per heavy atom. The maximum absolute atomic E-state index is 6.09. The summed E-state index contributed by atoms with van der Waals surface area (Å²) in [5.41, 5.74) is 2.83. The van der Waals surface area contributed by atoms with Crippen LogP contribution in [0.15, 0.2) is 53.2 Å². The molecule has 0 bridgehead atoms. The van der Waals surface area contributed by atoms with Gasteiger partial charge >= 0.3 is 0 Å². The molecule has 0 aliphatic carbocycles. The van der Waals surface area contributed by atoms with Gasteiger partial charge in [-0.3, -0.25) is 4.57 Å². The van der Waals surface area contributed by atoms with Crippen molar-refractivity contribution in [2.24, 2.45) is 7.05 Å². The number of pyridine rings is 1. The van der Waals surface area contributed by atoms with E-state index in [2.05, 4.69) is 30.4 Å². The molecule has 1 radical (unpaired) electrons. The van der Waals surface area contributed by atoms with E-state index in [-0.39, 0.29) is 32.7 Å². The van der Waals surface area contributed by atoms with Crippen LogP contribution in [0.1, 0.15) is 5.56 Å². The summed E-state index contributed by atoms with van der Waals surface area (Å²) in [6.45, 7) is 2.07. The number of hydrogen-bond acceptors (Lipinski definition) is 2. The molecule has 0 unspecified atom stereocenters. The SMILES string of the molecule is Cc1c(-c2n(C)c[c-][n+]2-c2[c-]nccc2)oc2ccccc12.[Y]. The van der Waals surface area contributed by atoms with Crippen LogP contribution in [0.3, 0.4) is 0 Å². The van der Waals surface area contributed by atoms with E-state index in [4.69, 9.17) is 4.42 Å². The first-order valence-corrected chi connectivity index (χ1v) is 7.06. The average Bonchev–Trinajstić information content (AvgIpc) is 3.09. The molecule has 0 atom stereocenters. The van der Waals surface area contributed by atoms with E-state index in [9.17, 15) is 0 Å². The zero-order chi connectivity index (χ0) is 15.1. The Balaban J connectivity index is 0.00000156. The van der Waals surface area contributed by atoms with Crippen LogP contribution in [0.5, 0.6) is 0 Å². The van der Waals surface area contributed by atoms with Gasteiger partial charge < -0.3 is 14.0 Å². The Hall–Kier alpha value is -1.78. The van der Waals surface area contributed by atoms with Gasteiger partial charge in [0.2, 0.25) is 5.82 Å². The summed E-state index contributed by atoms with van der Waals surface area (Å²) in [6.07, 6.45) is 9.78. The summed E-state index contributed by atoms with van der Waals surface area (Å²) < 4.78 is 10.00. The van der Waals surface area contributed by atoms with Gasteiger partial charge in [0.15, 0.2) is 5.76 Å². The Morgan fingerprint density at radius 1 is 1.17 bits per heavy atom. The molecule has 4 nitrogen and oxygen atoms in total. The number of hydrogen-bond donors (Lipinski definition) is 0. The number of imidazole rings is 1. The van der Waals surface area contributed by atoms with Crippen molar-refractivity contribution in [1.29, 1.82) is 0 Å². The van der Waals surface area contributed by atoms with Crippen molar-refractivity contribution >= 4 is 11.0 Å². The van der Waals surface area contributed by atoms with Crippen LogP contribution >= 0.6 is 0 Å². The van der Waals surface area contributed by atoms with Crippen molar-refractivity contribution in [2.45, 2.75) is 6.92 Å². The molecule has 4 aromatic rings. The second kappa shape index (κ2) is 6.38. The van der Waals surface area contributed by atoms with Crippen LogP contribution in [0.25, 0.3) is 28.2 Å². The molecule has 23 heavy (non-hydrogen) atoms. The van der Waals surface area contributed by atoms with Crippen molar-refractivity contribution in [3.05, 3.63) is 66.7 Å². The molecular weight excluding hydrogens is 363 g/mol. The van der Waals surface area contributed by atoms with Crippen LogP contribution in [0.4, 0.5) is 0 Å². The van der Waals surface area contributed by atoms with Crippen molar-refractivity contribution in [3.63, 3.8) is 0 Å². The standard InChI is InChI=1S/C18H14N3O.Y/c1-13-15-7-3-4-8-16(15)22-17(13)18-20(2)10-11-21(18)14-6-5-9-19-12-14;/h3-10H,1-2H3;/q-1;. The minimum atomic E-state index is 0. The number of rotatable bonds is 2. The van der Waals surface area contributed by atoms with Gasteiger partial charge in [0.1, 0.15) is 5.58 Å². The predicted octanol–water partition coefficient (Wildman–Crippen LogP) is 3.02. The molecule has 3 aromatic heterocycles.